The maximum Gasteiger partial charge on any atom is 0.273 e. The van der Waals surface area contributed by atoms with Crippen molar-refractivity contribution in [3.05, 3.63) is 83.2 Å². The third kappa shape index (κ3) is 5.38. The van der Waals surface area contributed by atoms with Crippen LogP contribution in [0.1, 0.15) is 24.7 Å². The summed E-state index contributed by atoms with van der Waals surface area (Å²) >= 11 is 3.94. The van der Waals surface area contributed by atoms with Crippen molar-refractivity contribution in [2.45, 2.75) is 18.2 Å². The van der Waals surface area contributed by atoms with Gasteiger partial charge in [0.25, 0.3) is 5.88 Å². The fraction of sp³-hybridized carbons (Fsp3) is 0.160. The quantitative estimate of drug-likeness (QED) is 0.227. The van der Waals surface area contributed by atoms with Crippen molar-refractivity contribution in [1.29, 1.82) is 0 Å². The Morgan fingerprint density at radius 1 is 1.16 bits per heavy atom. The van der Waals surface area contributed by atoms with Crippen LogP contribution in [0.2, 0.25) is 5.02 Å². The van der Waals surface area contributed by atoms with Crippen molar-refractivity contribution in [2.75, 3.05) is 24.2 Å². The molecular weight excluding hydrogens is 522 g/mol. The maximum atomic E-state index is 15.8. The van der Waals surface area contributed by atoms with Crippen molar-refractivity contribution >= 4 is 40.0 Å². The molecule has 1 unspecified atom stereocenters. The highest BCUT2D eigenvalue weighted by Crippen LogP contribution is 2.38. The second kappa shape index (κ2) is 11.6. The van der Waals surface area contributed by atoms with Crippen LogP contribution in [0.4, 0.5) is 20.3 Å². The highest BCUT2D eigenvalue weighted by Gasteiger charge is 2.25. The molecule has 4 aromatic rings. The Morgan fingerprint density at radius 3 is 2.62 bits per heavy atom. The zero-order valence-electron chi connectivity index (χ0n) is 20.1. The average molecular weight is 545 g/mol. The first kappa shape index (κ1) is 26.4. The molecule has 0 bridgehead atoms. The van der Waals surface area contributed by atoms with Crippen molar-refractivity contribution < 1.29 is 18.1 Å². The molecule has 3 N–H and O–H groups in total. The number of imidazole rings is 1. The summed E-state index contributed by atoms with van der Waals surface area (Å²) in [6, 6.07) is 5.91. The summed E-state index contributed by atoms with van der Waals surface area (Å²) in [5.41, 5.74) is 1.39. The number of halogens is 3. The van der Waals surface area contributed by atoms with Gasteiger partial charge in [-0.15, -0.1) is 0 Å². The molecule has 0 aliphatic rings. The van der Waals surface area contributed by atoms with Gasteiger partial charge >= 0.3 is 0 Å². The topological polar surface area (TPSA) is 111 Å². The highest BCUT2D eigenvalue weighted by atomic mass is 35.5. The maximum absolute atomic E-state index is 15.8. The van der Waals surface area contributed by atoms with E-state index in [0.717, 1.165) is 0 Å². The predicted molar refractivity (Wildman–Crippen MR) is 141 cm³/mol. The molecule has 3 heterocycles. The van der Waals surface area contributed by atoms with E-state index in [1.165, 1.54) is 37.7 Å². The second-order valence-corrected chi connectivity index (χ2v) is 9.23. The van der Waals surface area contributed by atoms with E-state index in [1.807, 2.05) is 13.0 Å². The standard InChI is InChI=1S/C25H23ClF2N6O2S/c1-4-5-18(23-31-10-11-32-23)17-7-6-15(20(27)22(17)29-2)16-8-9-30-24(21(16)28)34-37(35)19-12-14(26)13-33-25(19)36-3/h5-13,29H,4H2,1-3H3,(H,30,34)(H,31,32)/b18-5-. The van der Waals surface area contributed by atoms with E-state index < -0.39 is 23.0 Å². The lowest BCUT2D eigenvalue weighted by Crippen LogP contribution is -2.17. The monoisotopic (exact) mass is 544 g/mol. The number of hydrogen-bond donors (Lipinski definition) is 3. The van der Waals surface area contributed by atoms with Crippen molar-refractivity contribution in [1.82, 2.24) is 19.9 Å². The van der Waals surface area contributed by atoms with Crippen LogP contribution in [-0.4, -0.2) is 38.6 Å². The molecule has 0 saturated heterocycles. The highest BCUT2D eigenvalue weighted by molar-refractivity contribution is 7.92. The Morgan fingerprint density at radius 2 is 1.95 bits per heavy atom. The Bertz CT molecular complexity index is 1440. The molecule has 12 heteroatoms. The summed E-state index contributed by atoms with van der Waals surface area (Å²) in [6.07, 6.45) is 8.55. The normalized spacial score (nSPS) is 12.4. The number of benzene rings is 1. The molecule has 0 amide bonds. The fourth-order valence-electron chi connectivity index (χ4n) is 3.76. The second-order valence-electron chi connectivity index (χ2n) is 7.62. The summed E-state index contributed by atoms with van der Waals surface area (Å²) < 4.78 is 51.9. The summed E-state index contributed by atoms with van der Waals surface area (Å²) in [6.45, 7) is 1.96. The van der Waals surface area contributed by atoms with E-state index in [9.17, 15) is 4.55 Å². The van der Waals surface area contributed by atoms with E-state index in [4.69, 9.17) is 16.3 Å². The van der Waals surface area contributed by atoms with Gasteiger partial charge in [-0.3, -0.25) is 0 Å². The number of nitrogens with zero attached hydrogens (tertiary/aromatic N) is 3. The molecule has 192 valence electrons. The number of methoxy groups -OCH3 is 1. The van der Waals surface area contributed by atoms with Crippen LogP contribution in [0.25, 0.3) is 16.7 Å². The molecule has 0 spiro atoms. The van der Waals surface area contributed by atoms with Crippen LogP contribution in [0, 0.1) is 11.6 Å². The number of aromatic amines is 1. The van der Waals surface area contributed by atoms with Gasteiger partial charge in [0.15, 0.2) is 11.6 Å². The minimum Gasteiger partial charge on any atom is -0.588 e. The molecule has 0 aliphatic heterocycles. The smallest absolute Gasteiger partial charge is 0.273 e. The number of hydrogen-bond acceptors (Lipinski definition) is 7. The molecule has 37 heavy (non-hydrogen) atoms. The van der Waals surface area contributed by atoms with E-state index >= 15 is 8.78 Å². The van der Waals surface area contributed by atoms with E-state index in [-0.39, 0.29) is 38.4 Å². The Kier molecular flexibility index (Phi) is 8.27. The van der Waals surface area contributed by atoms with Gasteiger partial charge in [0.05, 0.1) is 17.8 Å². The fourth-order valence-corrected chi connectivity index (χ4v) is 4.94. The SMILES string of the molecule is CC/C=C(\c1ncc[nH]1)c1ccc(-c2ccnc(N[S+]([O-])c3cc(Cl)cnc3OC)c2F)c(F)c1NC. The first-order valence-corrected chi connectivity index (χ1v) is 12.7. The lowest BCUT2D eigenvalue weighted by Gasteiger charge is -2.17. The van der Waals surface area contributed by atoms with Crippen LogP contribution in [-0.2, 0) is 11.4 Å². The Balaban J connectivity index is 1.74. The zero-order valence-corrected chi connectivity index (χ0v) is 21.7. The number of pyridine rings is 2. The van der Waals surface area contributed by atoms with E-state index in [0.29, 0.717) is 23.4 Å². The van der Waals surface area contributed by atoms with Crippen LogP contribution in [0.5, 0.6) is 5.88 Å². The van der Waals surface area contributed by atoms with Crippen molar-refractivity contribution in [3.63, 3.8) is 0 Å². The molecule has 0 radical (unpaired) electrons. The third-order valence-electron chi connectivity index (χ3n) is 5.39. The van der Waals surface area contributed by atoms with Crippen molar-refractivity contribution in [2.24, 2.45) is 0 Å². The van der Waals surface area contributed by atoms with Gasteiger partial charge in [-0.2, -0.15) is 4.72 Å². The van der Waals surface area contributed by atoms with E-state index in [2.05, 4.69) is 30.0 Å². The number of rotatable bonds is 9. The van der Waals surface area contributed by atoms with Gasteiger partial charge < -0.3 is 19.6 Å². The molecule has 0 aliphatic carbocycles. The van der Waals surface area contributed by atoms with Crippen LogP contribution < -0.4 is 14.8 Å². The molecule has 8 nitrogen and oxygen atoms in total. The molecule has 1 atom stereocenters. The Hall–Kier alpha value is -3.67. The Labute approximate surface area is 220 Å². The van der Waals surface area contributed by atoms with Gasteiger partial charge in [-0.05, 0) is 12.5 Å². The van der Waals surface area contributed by atoms with Gasteiger partial charge in [-0.1, -0.05) is 36.7 Å². The summed E-state index contributed by atoms with van der Waals surface area (Å²) in [7, 11) is 2.94. The van der Waals surface area contributed by atoms with Crippen molar-refractivity contribution in [3.8, 4) is 17.0 Å². The minimum atomic E-state index is -2.02. The molecule has 0 saturated carbocycles. The van der Waals surface area contributed by atoms with Crippen LogP contribution in [0.3, 0.4) is 0 Å². The largest absolute Gasteiger partial charge is 0.588 e. The zero-order chi connectivity index (χ0) is 26.5. The van der Waals surface area contributed by atoms with Gasteiger partial charge in [0.2, 0.25) is 10.7 Å². The lowest BCUT2D eigenvalue weighted by molar-refractivity contribution is 0.385. The third-order valence-corrected chi connectivity index (χ3v) is 6.67. The van der Waals surface area contributed by atoms with E-state index in [1.54, 1.807) is 25.5 Å². The molecule has 3 aromatic heterocycles. The van der Waals surface area contributed by atoms with Gasteiger partial charge in [-0.25, -0.2) is 23.7 Å². The molecule has 1 aromatic carbocycles. The lowest BCUT2D eigenvalue weighted by atomic mass is 9.96. The first-order chi connectivity index (χ1) is 17.9. The minimum absolute atomic E-state index is 0.000807. The van der Waals surface area contributed by atoms with Crippen LogP contribution in [0.15, 0.2) is 60.0 Å². The number of allylic oxidation sites excluding steroid dienone is 1. The number of H-pyrrole nitrogens is 1. The average Bonchev–Trinajstić information content (AvgIpc) is 3.43. The summed E-state index contributed by atoms with van der Waals surface area (Å²) in [5.74, 6) is -1.24. The summed E-state index contributed by atoms with van der Waals surface area (Å²) in [4.78, 5) is 15.3. The molecule has 4 rings (SSSR count). The number of aromatic nitrogens is 4. The number of ether oxygens (including phenoxy) is 1. The van der Waals surface area contributed by atoms with Gasteiger partial charge in [0, 0.05) is 60.2 Å². The molecular formula is C25H23ClF2N6O2S. The van der Waals surface area contributed by atoms with Gasteiger partial charge in [0.1, 0.15) is 17.2 Å². The predicted octanol–water partition coefficient (Wildman–Crippen LogP) is 5.83. The molecule has 0 fully saturated rings. The first-order valence-electron chi connectivity index (χ1n) is 11.1. The number of nitrogens with one attached hydrogen (secondary N) is 3. The number of anilines is 2. The summed E-state index contributed by atoms with van der Waals surface area (Å²) in [5, 5.41) is 3.11. The van der Waals surface area contributed by atoms with Crippen LogP contribution >= 0.6 is 11.6 Å².